The third-order valence-corrected chi connectivity index (χ3v) is 3.39. The Morgan fingerprint density at radius 3 is 2.60 bits per heavy atom. The summed E-state index contributed by atoms with van der Waals surface area (Å²) in [6.07, 6.45) is 2.73. The molecule has 1 heterocycles. The summed E-state index contributed by atoms with van der Waals surface area (Å²) >= 11 is 0. The monoisotopic (exact) mass is 280 g/mol. The van der Waals surface area contributed by atoms with Gasteiger partial charge in [-0.2, -0.15) is 0 Å². The van der Waals surface area contributed by atoms with E-state index >= 15 is 0 Å². The van der Waals surface area contributed by atoms with Gasteiger partial charge in [0.15, 0.2) is 0 Å². The molecular formula is C15H24N2O3. The first-order chi connectivity index (χ1) is 9.49. The molecule has 1 aromatic heterocycles. The predicted molar refractivity (Wildman–Crippen MR) is 77.5 cm³/mol. The highest BCUT2D eigenvalue weighted by Crippen LogP contribution is 2.12. The topological polar surface area (TPSA) is 62.6 Å². The zero-order chi connectivity index (χ0) is 15.1. The molecule has 1 rings (SSSR count). The smallest absolute Gasteiger partial charge is 0.257 e. The third kappa shape index (κ3) is 4.40. The molecule has 0 radical (unpaired) electrons. The first-order valence-electron chi connectivity index (χ1n) is 7.12. The maximum Gasteiger partial charge on any atom is 0.257 e. The Morgan fingerprint density at radius 1 is 1.40 bits per heavy atom. The van der Waals surface area contributed by atoms with E-state index in [1.54, 1.807) is 17.9 Å². The molecule has 20 heavy (non-hydrogen) atoms. The molecule has 0 aliphatic heterocycles. The van der Waals surface area contributed by atoms with Crippen molar-refractivity contribution in [2.24, 2.45) is 0 Å². The molecule has 0 aliphatic rings. The number of carbonyl (C=O) groups excluding carboxylic acids is 2. The van der Waals surface area contributed by atoms with Crippen molar-refractivity contribution in [2.45, 2.75) is 46.6 Å². The lowest BCUT2D eigenvalue weighted by Gasteiger charge is -2.21. The fraction of sp³-hybridized carbons (Fsp3) is 0.600. The fourth-order valence-electron chi connectivity index (χ4n) is 1.87. The lowest BCUT2D eigenvalue weighted by Crippen LogP contribution is -2.37. The van der Waals surface area contributed by atoms with Gasteiger partial charge in [-0.1, -0.05) is 6.92 Å². The number of nitrogens with one attached hydrogen (secondary N) is 1. The number of furan rings is 1. The summed E-state index contributed by atoms with van der Waals surface area (Å²) < 4.78 is 5.15. The zero-order valence-corrected chi connectivity index (χ0v) is 12.7. The van der Waals surface area contributed by atoms with Crippen molar-refractivity contribution in [3.05, 3.63) is 23.7 Å². The van der Waals surface area contributed by atoms with E-state index in [1.165, 1.54) is 6.26 Å². The Kier molecular flexibility index (Phi) is 6.28. The number of rotatable bonds is 7. The lowest BCUT2D eigenvalue weighted by molar-refractivity contribution is -0.121. The number of hydrogen-bond acceptors (Lipinski definition) is 3. The van der Waals surface area contributed by atoms with Crippen LogP contribution < -0.4 is 5.32 Å². The Labute approximate surface area is 120 Å². The van der Waals surface area contributed by atoms with Gasteiger partial charge in [0.2, 0.25) is 5.91 Å². The van der Waals surface area contributed by atoms with Crippen LogP contribution in [0.1, 0.15) is 49.7 Å². The standard InChI is InChI=1S/C15H24N2O3/c1-5-11(3)16-14(18)7-9-17(6-2)15(19)13-8-10-20-12(13)4/h8,10-11H,5-7,9H2,1-4H3,(H,16,18)/t11-/m0/s1. The minimum Gasteiger partial charge on any atom is -0.469 e. The summed E-state index contributed by atoms with van der Waals surface area (Å²) in [5, 5.41) is 2.90. The van der Waals surface area contributed by atoms with E-state index in [0.717, 1.165) is 6.42 Å². The van der Waals surface area contributed by atoms with Gasteiger partial charge in [-0.3, -0.25) is 9.59 Å². The number of nitrogens with zero attached hydrogens (tertiary/aromatic N) is 1. The van der Waals surface area contributed by atoms with E-state index in [-0.39, 0.29) is 17.9 Å². The van der Waals surface area contributed by atoms with Gasteiger partial charge in [0, 0.05) is 25.6 Å². The summed E-state index contributed by atoms with van der Waals surface area (Å²) in [6.45, 7) is 8.64. The molecule has 0 unspecified atom stereocenters. The zero-order valence-electron chi connectivity index (χ0n) is 12.7. The highest BCUT2D eigenvalue weighted by atomic mass is 16.3. The molecule has 0 saturated carbocycles. The maximum absolute atomic E-state index is 12.3. The van der Waals surface area contributed by atoms with Gasteiger partial charge < -0.3 is 14.6 Å². The Hall–Kier alpha value is -1.78. The first kappa shape index (κ1) is 16.3. The van der Waals surface area contributed by atoms with Crippen LogP contribution in [-0.2, 0) is 4.79 Å². The van der Waals surface area contributed by atoms with Crippen LogP contribution in [0.2, 0.25) is 0 Å². The number of hydrogen-bond donors (Lipinski definition) is 1. The Morgan fingerprint density at radius 2 is 2.10 bits per heavy atom. The van der Waals surface area contributed by atoms with Gasteiger partial charge in [0.05, 0.1) is 11.8 Å². The van der Waals surface area contributed by atoms with Crippen LogP contribution >= 0.6 is 0 Å². The largest absolute Gasteiger partial charge is 0.469 e. The van der Waals surface area contributed by atoms with Gasteiger partial charge in [0.25, 0.3) is 5.91 Å². The van der Waals surface area contributed by atoms with Crippen molar-refractivity contribution < 1.29 is 14.0 Å². The molecule has 1 aromatic rings. The molecule has 0 fully saturated rings. The third-order valence-electron chi connectivity index (χ3n) is 3.39. The quantitative estimate of drug-likeness (QED) is 0.834. The number of carbonyl (C=O) groups is 2. The van der Waals surface area contributed by atoms with Crippen molar-refractivity contribution in [1.82, 2.24) is 10.2 Å². The van der Waals surface area contributed by atoms with Gasteiger partial charge in [0.1, 0.15) is 5.76 Å². The van der Waals surface area contributed by atoms with Crippen LogP contribution in [0.15, 0.2) is 16.7 Å². The molecule has 1 atom stereocenters. The molecule has 5 nitrogen and oxygen atoms in total. The minimum atomic E-state index is -0.0879. The van der Waals surface area contributed by atoms with Crippen molar-refractivity contribution in [2.75, 3.05) is 13.1 Å². The molecule has 112 valence electrons. The molecule has 0 spiro atoms. The SMILES string of the molecule is CC[C@H](C)NC(=O)CCN(CC)C(=O)c1ccoc1C. The summed E-state index contributed by atoms with van der Waals surface area (Å²) in [5.41, 5.74) is 0.564. The predicted octanol–water partition coefficient (Wildman–Crippen LogP) is 2.35. The van der Waals surface area contributed by atoms with Crippen molar-refractivity contribution in [3.63, 3.8) is 0 Å². The van der Waals surface area contributed by atoms with Crippen LogP contribution in [-0.4, -0.2) is 35.8 Å². The average Bonchev–Trinajstić information content (AvgIpc) is 2.85. The average molecular weight is 280 g/mol. The second-order valence-corrected chi connectivity index (χ2v) is 4.90. The Bertz CT molecular complexity index is 454. The van der Waals surface area contributed by atoms with E-state index in [1.807, 2.05) is 20.8 Å². The van der Waals surface area contributed by atoms with Crippen molar-refractivity contribution in [1.29, 1.82) is 0 Å². The molecule has 2 amide bonds. The normalized spacial score (nSPS) is 12.0. The molecule has 0 aliphatic carbocycles. The second-order valence-electron chi connectivity index (χ2n) is 4.90. The lowest BCUT2D eigenvalue weighted by atomic mass is 10.2. The molecule has 1 N–H and O–H groups in total. The van der Waals surface area contributed by atoms with Gasteiger partial charge >= 0.3 is 0 Å². The molecule has 0 aromatic carbocycles. The Balaban J connectivity index is 2.54. The van der Waals surface area contributed by atoms with Crippen LogP contribution in [0.4, 0.5) is 0 Å². The highest BCUT2D eigenvalue weighted by Gasteiger charge is 2.18. The van der Waals surface area contributed by atoms with Crippen LogP contribution in [0.5, 0.6) is 0 Å². The first-order valence-corrected chi connectivity index (χ1v) is 7.12. The van der Waals surface area contributed by atoms with Gasteiger partial charge in [-0.25, -0.2) is 0 Å². The van der Waals surface area contributed by atoms with Crippen LogP contribution in [0.3, 0.4) is 0 Å². The maximum atomic E-state index is 12.3. The van der Waals surface area contributed by atoms with Gasteiger partial charge in [-0.05, 0) is 33.3 Å². The fourth-order valence-corrected chi connectivity index (χ4v) is 1.87. The number of amides is 2. The summed E-state index contributed by atoms with van der Waals surface area (Å²) in [6, 6.07) is 1.84. The van der Waals surface area contributed by atoms with Crippen LogP contribution in [0, 0.1) is 6.92 Å². The van der Waals surface area contributed by atoms with E-state index in [4.69, 9.17) is 4.42 Å². The van der Waals surface area contributed by atoms with E-state index in [9.17, 15) is 9.59 Å². The summed E-state index contributed by atoms with van der Waals surface area (Å²) in [7, 11) is 0. The summed E-state index contributed by atoms with van der Waals surface area (Å²) in [5.74, 6) is 0.502. The second kappa shape index (κ2) is 7.72. The van der Waals surface area contributed by atoms with E-state index < -0.39 is 0 Å². The summed E-state index contributed by atoms with van der Waals surface area (Å²) in [4.78, 5) is 25.7. The van der Waals surface area contributed by atoms with Crippen molar-refractivity contribution >= 4 is 11.8 Å². The van der Waals surface area contributed by atoms with E-state index in [0.29, 0.717) is 30.8 Å². The number of aryl methyl sites for hydroxylation is 1. The molecule has 0 saturated heterocycles. The molecule has 0 bridgehead atoms. The minimum absolute atomic E-state index is 0.0190. The van der Waals surface area contributed by atoms with Gasteiger partial charge in [-0.15, -0.1) is 0 Å². The van der Waals surface area contributed by atoms with Crippen molar-refractivity contribution in [3.8, 4) is 0 Å². The molecule has 5 heteroatoms. The highest BCUT2D eigenvalue weighted by molar-refractivity contribution is 5.95. The molecular weight excluding hydrogens is 256 g/mol. The van der Waals surface area contributed by atoms with Crippen LogP contribution in [0.25, 0.3) is 0 Å². The van der Waals surface area contributed by atoms with E-state index in [2.05, 4.69) is 5.32 Å².